The number of amides is 1. The second-order valence-corrected chi connectivity index (χ2v) is 8.89. The SMILES string of the molecule is CCCCC1C(c2ccc(F)cc2)=NN(c2ccccc2)C1(C)C(=O)NCCCN(C)C. The zero-order valence-corrected chi connectivity index (χ0v) is 19.6. The van der Waals surface area contributed by atoms with Crippen LogP contribution in [0.5, 0.6) is 0 Å². The summed E-state index contributed by atoms with van der Waals surface area (Å²) in [5.41, 5.74) is 1.70. The van der Waals surface area contributed by atoms with Gasteiger partial charge in [0.25, 0.3) is 0 Å². The minimum absolute atomic E-state index is 0.0259. The number of carbonyl (C=O) groups is 1. The molecule has 0 aromatic heterocycles. The summed E-state index contributed by atoms with van der Waals surface area (Å²) >= 11 is 0. The van der Waals surface area contributed by atoms with E-state index in [2.05, 4.69) is 17.1 Å². The molecule has 1 amide bonds. The van der Waals surface area contributed by atoms with Crippen LogP contribution in [0.1, 0.15) is 45.1 Å². The van der Waals surface area contributed by atoms with Gasteiger partial charge in [0, 0.05) is 12.5 Å². The van der Waals surface area contributed by atoms with Crippen LogP contribution >= 0.6 is 0 Å². The normalized spacial score (nSPS) is 20.5. The standard InChI is InChI=1S/C26H35FN4O/c1-5-6-13-23-24(20-14-16-21(27)17-15-20)29-31(22-11-8-7-9-12-22)26(23,2)25(32)28-18-10-19-30(3)4/h7-9,11-12,14-17,23H,5-6,10,13,18-19H2,1-4H3,(H,28,32). The maximum atomic E-state index is 13.7. The number of hydrogen-bond donors (Lipinski definition) is 1. The molecule has 5 nitrogen and oxygen atoms in total. The molecule has 2 aromatic carbocycles. The van der Waals surface area contributed by atoms with Gasteiger partial charge in [0.2, 0.25) is 5.91 Å². The number of carbonyl (C=O) groups excluding carboxylic acids is 1. The zero-order chi connectivity index (χ0) is 23.1. The highest BCUT2D eigenvalue weighted by molar-refractivity contribution is 6.10. The van der Waals surface area contributed by atoms with Crippen molar-refractivity contribution in [3.63, 3.8) is 0 Å². The van der Waals surface area contributed by atoms with Gasteiger partial charge in [0.05, 0.1) is 11.4 Å². The van der Waals surface area contributed by atoms with Crippen LogP contribution in [-0.4, -0.2) is 49.2 Å². The summed E-state index contributed by atoms with van der Waals surface area (Å²) in [5, 5.41) is 10.0. The Morgan fingerprint density at radius 1 is 1.12 bits per heavy atom. The third kappa shape index (κ3) is 5.18. The van der Waals surface area contributed by atoms with E-state index in [1.165, 1.54) is 12.1 Å². The first-order chi connectivity index (χ1) is 15.4. The summed E-state index contributed by atoms with van der Waals surface area (Å²) in [7, 11) is 4.06. The first kappa shape index (κ1) is 23.9. The number of anilines is 1. The van der Waals surface area contributed by atoms with E-state index in [9.17, 15) is 9.18 Å². The molecule has 0 bridgehead atoms. The molecule has 0 fully saturated rings. The molecular weight excluding hydrogens is 403 g/mol. The molecule has 1 aliphatic rings. The van der Waals surface area contributed by atoms with Crippen molar-refractivity contribution >= 4 is 17.3 Å². The van der Waals surface area contributed by atoms with Crippen LogP contribution in [0.25, 0.3) is 0 Å². The number of hydrazone groups is 1. The van der Waals surface area contributed by atoms with Crippen LogP contribution in [0, 0.1) is 11.7 Å². The van der Waals surface area contributed by atoms with Crippen LogP contribution in [-0.2, 0) is 4.79 Å². The fraction of sp³-hybridized carbons (Fsp3) is 0.462. The van der Waals surface area contributed by atoms with Gasteiger partial charge in [-0.25, -0.2) is 9.40 Å². The molecule has 1 N–H and O–H groups in total. The van der Waals surface area contributed by atoms with Crippen LogP contribution in [0.15, 0.2) is 59.7 Å². The number of benzene rings is 2. The Kier molecular flexibility index (Phi) is 8.02. The molecule has 2 unspecified atom stereocenters. The molecule has 0 spiro atoms. The van der Waals surface area contributed by atoms with Gasteiger partial charge in [-0.15, -0.1) is 0 Å². The van der Waals surface area contributed by atoms with Gasteiger partial charge < -0.3 is 10.2 Å². The predicted octanol–water partition coefficient (Wildman–Crippen LogP) is 4.68. The Hall–Kier alpha value is -2.73. The van der Waals surface area contributed by atoms with E-state index in [1.807, 2.05) is 56.4 Å². The summed E-state index contributed by atoms with van der Waals surface area (Å²) in [5.74, 6) is -0.414. The second kappa shape index (κ2) is 10.7. The molecule has 1 aliphatic heterocycles. The first-order valence-corrected chi connectivity index (χ1v) is 11.5. The summed E-state index contributed by atoms with van der Waals surface area (Å²) in [4.78, 5) is 15.8. The smallest absolute Gasteiger partial charge is 0.248 e. The van der Waals surface area contributed by atoms with Gasteiger partial charge in [-0.05, 0) is 70.2 Å². The molecule has 3 rings (SSSR count). The number of rotatable bonds is 10. The van der Waals surface area contributed by atoms with Gasteiger partial charge in [0.15, 0.2) is 0 Å². The molecule has 0 aliphatic carbocycles. The molecule has 172 valence electrons. The lowest BCUT2D eigenvalue weighted by Gasteiger charge is -2.37. The molecule has 1 heterocycles. The van der Waals surface area contributed by atoms with Gasteiger partial charge in [-0.3, -0.25) is 4.79 Å². The Balaban J connectivity index is 1.99. The Morgan fingerprint density at radius 2 is 1.81 bits per heavy atom. The van der Waals surface area contributed by atoms with E-state index in [-0.39, 0.29) is 17.6 Å². The quantitative estimate of drug-likeness (QED) is 0.548. The van der Waals surface area contributed by atoms with Crippen molar-refractivity contribution < 1.29 is 9.18 Å². The van der Waals surface area contributed by atoms with Crippen molar-refractivity contribution in [2.45, 2.75) is 45.1 Å². The number of halogens is 1. The number of nitrogens with zero attached hydrogens (tertiary/aromatic N) is 3. The summed E-state index contributed by atoms with van der Waals surface area (Å²) in [6.45, 7) is 5.66. The van der Waals surface area contributed by atoms with E-state index in [0.717, 1.165) is 49.2 Å². The Morgan fingerprint density at radius 3 is 2.44 bits per heavy atom. The van der Waals surface area contributed by atoms with Crippen LogP contribution in [0.3, 0.4) is 0 Å². The molecular formula is C26H35FN4O. The van der Waals surface area contributed by atoms with Crippen molar-refractivity contribution in [3.05, 3.63) is 66.0 Å². The lowest BCUT2D eigenvalue weighted by molar-refractivity contribution is -0.126. The average Bonchev–Trinajstić information content (AvgIpc) is 3.09. The minimum Gasteiger partial charge on any atom is -0.354 e. The van der Waals surface area contributed by atoms with Gasteiger partial charge in [-0.1, -0.05) is 50.1 Å². The van der Waals surface area contributed by atoms with Crippen LogP contribution in [0.4, 0.5) is 10.1 Å². The fourth-order valence-corrected chi connectivity index (χ4v) is 4.33. The molecule has 32 heavy (non-hydrogen) atoms. The third-order valence-corrected chi connectivity index (χ3v) is 6.17. The molecule has 2 aromatic rings. The number of hydrogen-bond acceptors (Lipinski definition) is 4. The Labute approximate surface area is 191 Å². The fourth-order valence-electron chi connectivity index (χ4n) is 4.33. The monoisotopic (exact) mass is 438 g/mol. The maximum absolute atomic E-state index is 13.7. The first-order valence-electron chi connectivity index (χ1n) is 11.5. The Bertz CT molecular complexity index is 913. The van der Waals surface area contributed by atoms with E-state index in [4.69, 9.17) is 5.10 Å². The van der Waals surface area contributed by atoms with E-state index >= 15 is 0 Å². The van der Waals surface area contributed by atoms with E-state index in [1.54, 1.807) is 12.1 Å². The molecule has 2 atom stereocenters. The largest absolute Gasteiger partial charge is 0.354 e. The minimum atomic E-state index is -0.877. The molecule has 0 saturated carbocycles. The van der Waals surface area contributed by atoms with Gasteiger partial charge in [0.1, 0.15) is 11.4 Å². The zero-order valence-electron chi connectivity index (χ0n) is 19.6. The van der Waals surface area contributed by atoms with Crippen LogP contribution < -0.4 is 10.3 Å². The summed E-state index contributed by atoms with van der Waals surface area (Å²) < 4.78 is 13.6. The predicted molar refractivity (Wildman–Crippen MR) is 129 cm³/mol. The van der Waals surface area contributed by atoms with Crippen molar-refractivity contribution in [1.29, 1.82) is 0 Å². The van der Waals surface area contributed by atoms with Gasteiger partial charge in [-0.2, -0.15) is 5.10 Å². The highest BCUT2D eigenvalue weighted by Crippen LogP contribution is 2.41. The number of unbranched alkanes of at least 4 members (excludes halogenated alkanes) is 1. The number of nitrogens with one attached hydrogen (secondary N) is 1. The van der Waals surface area contributed by atoms with Crippen molar-refractivity contribution in [2.24, 2.45) is 11.0 Å². The lowest BCUT2D eigenvalue weighted by Crippen LogP contribution is -2.58. The van der Waals surface area contributed by atoms with E-state index in [0.29, 0.717) is 6.54 Å². The van der Waals surface area contributed by atoms with Crippen molar-refractivity contribution in [1.82, 2.24) is 10.2 Å². The highest BCUT2D eigenvalue weighted by Gasteiger charge is 2.53. The van der Waals surface area contributed by atoms with E-state index < -0.39 is 5.54 Å². The molecule has 0 saturated heterocycles. The highest BCUT2D eigenvalue weighted by atomic mass is 19.1. The molecule has 0 radical (unpaired) electrons. The third-order valence-electron chi connectivity index (χ3n) is 6.17. The summed E-state index contributed by atoms with van der Waals surface area (Å²) in [6.07, 6.45) is 3.72. The van der Waals surface area contributed by atoms with Crippen molar-refractivity contribution in [3.8, 4) is 0 Å². The lowest BCUT2D eigenvalue weighted by atomic mass is 9.77. The second-order valence-electron chi connectivity index (χ2n) is 8.89. The topological polar surface area (TPSA) is 47.9 Å². The number of para-hydroxylation sites is 1. The molecule has 6 heteroatoms. The average molecular weight is 439 g/mol. The van der Waals surface area contributed by atoms with Crippen LogP contribution in [0.2, 0.25) is 0 Å². The van der Waals surface area contributed by atoms with Gasteiger partial charge >= 0.3 is 0 Å². The summed E-state index contributed by atoms with van der Waals surface area (Å²) in [6, 6.07) is 16.3. The van der Waals surface area contributed by atoms with Crippen molar-refractivity contribution in [2.75, 3.05) is 32.2 Å². The maximum Gasteiger partial charge on any atom is 0.248 e.